The van der Waals surface area contributed by atoms with Gasteiger partial charge in [0.1, 0.15) is 0 Å². The number of aliphatic carboxylic acids is 1. The summed E-state index contributed by atoms with van der Waals surface area (Å²) in [4.78, 5) is 28.5. The van der Waals surface area contributed by atoms with Crippen molar-refractivity contribution in [3.8, 4) is 0 Å². The van der Waals surface area contributed by atoms with Crippen molar-refractivity contribution in [3.63, 3.8) is 0 Å². The second-order valence-electron chi connectivity index (χ2n) is 5.06. The maximum atomic E-state index is 11.2. The highest BCUT2D eigenvalue weighted by Crippen LogP contribution is 2.40. The lowest BCUT2D eigenvalue weighted by Gasteiger charge is -2.34. The molecule has 2 N–H and O–H groups in total. The molecule has 1 aliphatic carbocycles. The SMILES string of the molecule is CC1(C)Cc2[nH]c(=O)ncc2C(C(=O)O)C1. The Labute approximate surface area is 92.5 Å². The van der Waals surface area contributed by atoms with E-state index in [0.29, 0.717) is 24.1 Å². The fraction of sp³-hybridized carbons (Fsp3) is 0.545. The molecule has 1 aromatic rings. The van der Waals surface area contributed by atoms with E-state index in [1.807, 2.05) is 13.8 Å². The van der Waals surface area contributed by atoms with Crippen LogP contribution in [0.3, 0.4) is 0 Å². The van der Waals surface area contributed by atoms with Crippen LogP contribution in [0.2, 0.25) is 0 Å². The maximum Gasteiger partial charge on any atom is 0.345 e. The first-order valence-electron chi connectivity index (χ1n) is 5.20. The fourth-order valence-electron chi connectivity index (χ4n) is 2.32. The first-order valence-corrected chi connectivity index (χ1v) is 5.20. The number of nitrogens with zero attached hydrogens (tertiary/aromatic N) is 1. The normalized spacial score (nSPS) is 22.5. The highest BCUT2D eigenvalue weighted by molar-refractivity contribution is 5.76. The molecule has 1 aliphatic rings. The number of fused-ring (bicyclic) bond motifs is 1. The summed E-state index contributed by atoms with van der Waals surface area (Å²) in [6.45, 7) is 4.01. The minimum Gasteiger partial charge on any atom is -0.481 e. The van der Waals surface area contributed by atoms with E-state index in [2.05, 4.69) is 9.97 Å². The maximum absolute atomic E-state index is 11.2. The van der Waals surface area contributed by atoms with Crippen LogP contribution in [0.15, 0.2) is 11.0 Å². The minimum absolute atomic E-state index is 0.111. The fourth-order valence-corrected chi connectivity index (χ4v) is 2.32. The summed E-state index contributed by atoms with van der Waals surface area (Å²) < 4.78 is 0. The van der Waals surface area contributed by atoms with Crippen LogP contribution in [-0.4, -0.2) is 21.0 Å². The second kappa shape index (κ2) is 3.43. The van der Waals surface area contributed by atoms with Crippen molar-refractivity contribution in [2.45, 2.75) is 32.6 Å². The van der Waals surface area contributed by atoms with Crippen molar-refractivity contribution in [1.29, 1.82) is 0 Å². The van der Waals surface area contributed by atoms with E-state index in [1.165, 1.54) is 6.20 Å². The Morgan fingerprint density at radius 3 is 2.94 bits per heavy atom. The third kappa shape index (κ3) is 1.85. The monoisotopic (exact) mass is 222 g/mol. The molecule has 5 nitrogen and oxygen atoms in total. The molecule has 0 saturated carbocycles. The summed E-state index contributed by atoms with van der Waals surface area (Å²) in [6, 6.07) is 0. The number of carbonyl (C=O) groups is 1. The zero-order valence-corrected chi connectivity index (χ0v) is 9.28. The Morgan fingerprint density at radius 2 is 2.31 bits per heavy atom. The number of aromatic nitrogens is 2. The van der Waals surface area contributed by atoms with E-state index in [1.54, 1.807) is 0 Å². The van der Waals surface area contributed by atoms with Gasteiger partial charge in [-0.3, -0.25) is 4.79 Å². The molecule has 0 amide bonds. The summed E-state index contributed by atoms with van der Waals surface area (Å²) in [5.41, 5.74) is 0.830. The first-order chi connectivity index (χ1) is 7.39. The van der Waals surface area contributed by atoms with Gasteiger partial charge in [0.2, 0.25) is 0 Å². The Morgan fingerprint density at radius 1 is 1.62 bits per heavy atom. The van der Waals surface area contributed by atoms with Crippen LogP contribution < -0.4 is 5.69 Å². The molecule has 16 heavy (non-hydrogen) atoms. The van der Waals surface area contributed by atoms with Crippen molar-refractivity contribution in [3.05, 3.63) is 27.9 Å². The summed E-state index contributed by atoms with van der Waals surface area (Å²) in [5.74, 6) is -1.43. The van der Waals surface area contributed by atoms with Crippen LogP contribution in [-0.2, 0) is 11.2 Å². The molecule has 0 fully saturated rings. The summed E-state index contributed by atoms with van der Waals surface area (Å²) >= 11 is 0. The Bertz CT molecular complexity index is 490. The van der Waals surface area contributed by atoms with E-state index in [0.717, 1.165) is 0 Å². The van der Waals surface area contributed by atoms with E-state index in [9.17, 15) is 9.59 Å². The smallest absolute Gasteiger partial charge is 0.345 e. The van der Waals surface area contributed by atoms with Gasteiger partial charge in [0.15, 0.2) is 0 Å². The Balaban J connectivity index is 2.55. The molecule has 0 saturated heterocycles. The molecule has 0 spiro atoms. The van der Waals surface area contributed by atoms with Crippen LogP contribution >= 0.6 is 0 Å². The molecule has 0 radical (unpaired) electrons. The lowest BCUT2D eigenvalue weighted by molar-refractivity contribution is -0.139. The van der Waals surface area contributed by atoms with Gasteiger partial charge in [-0.2, -0.15) is 0 Å². The van der Waals surface area contributed by atoms with Crippen molar-refractivity contribution in [2.75, 3.05) is 0 Å². The molecular weight excluding hydrogens is 208 g/mol. The van der Waals surface area contributed by atoms with Crippen LogP contribution in [0.25, 0.3) is 0 Å². The Kier molecular flexibility index (Phi) is 2.33. The molecule has 1 atom stereocenters. The number of carboxylic acid groups (broad SMARTS) is 1. The highest BCUT2D eigenvalue weighted by atomic mass is 16.4. The molecule has 1 aromatic heterocycles. The van der Waals surface area contributed by atoms with Crippen molar-refractivity contribution in [2.24, 2.45) is 5.41 Å². The van der Waals surface area contributed by atoms with Crippen LogP contribution in [0.4, 0.5) is 0 Å². The topological polar surface area (TPSA) is 83.0 Å². The van der Waals surface area contributed by atoms with Gasteiger partial charge in [-0.15, -0.1) is 0 Å². The van der Waals surface area contributed by atoms with E-state index >= 15 is 0 Å². The third-order valence-corrected chi connectivity index (χ3v) is 3.01. The number of nitrogens with one attached hydrogen (secondary N) is 1. The number of carboxylic acids is 1. The number of aromatic amines is 1. The zero-order chi connectivity index (χ0) is 11.9. The second-order valence-corrected chi connectivity index (χ2v) is 5.06. The Hall–Kier alpha value is -1.65. The lowest BCUT2D eigenvalue weighted by atomic mass is 9.71. The number of rotatable bonds is 1. The molecule has 1 unspecified atom stereocenters. The number of H-pyrrole nitrogens is 1. The van der Waals surface area contributed by atoms with E-state index in [-0.39, 0.29) is 5.41 Å². The van der Waals surface area contributed by atoms with Gasteiger partial charge in [0, 0.05) is 17.5 Å². The molecular formula is C11H14N2O3. The molecule has 5 heteroatoms. The predicted molar refractivity (Wildman–Crippen MR) is 57.3 cm³/mol. The third-order valence-electron chi connectivity index (χ3n) is 3.01. The highest BCUT2D eigenvalue weighted by Gasteiger charge is 2.36. The van der Waals surface area contributed by atoms with Gasteiger partial charge in [-0.1, -0.05) is 13.8 Å². The molecule has 2 rings (SSSR count). The van der Waals surface area contributed by atoms with Gasteiger partial charge < -0.3 is 10.1 Å². The lowest BCUT2D eigenvalue weighted by Crippen LogP contribution is -2.32. The molecule has 1 heterocycles. The van der Waals surface area contributed by atoms with Gasteiger partial charge in [-0.05, 0) is 18.3 Å². The average Bonchev–Trinajstić information content (AvgIpc) is 2.14. The minimum atomic E-state index is -0.858. The first kappa shape index (κ1) is 10.9. The summed E-state index contributed by atoms with van der Waals surface area (Å²) in [6.07, 6.45) is 2.65. The standard InChI is InChI=1S/C11H14N2O3/c1-11(2)3-6(9(14)15)7-5-12-10(16)13-8(7)4-11/h5-6H,3-4H2,1-2H3,(H,14,15)(H,12,13,16). The van der Waals surface area contributed by atoms with Crippen molar-refractivity contribution in [1.82, 2.24) is 9.97 Å². The average molecular weight is 222 g/mol. The van der Waals surface area contributed by atoms with Crippen LogP contribution in [0, 0.1) is 5.41 Å². The largest absolute Gasteiger partial charge is 0.481 e. The molecule has 0 bridgehead atoms. The van der Waals surface area contributed by atoms with Gasteiger partial charge in [0.05, 0.1) is 5.92 Å². The molecule has 0 aromatic carbocycles. The summed E-state index contributed by atoms with van der Waals surface area (Å²) in [7, 11) is 0. The van der Waals surface area contributed by atoms with Crippen molar-refractivity contribution < 1.29 is 9.90 Å². The van der Waals surface area contributed by atoms with Crippen LogP contribution in [0.1, 0.15) is 37.4 Å². The van der Waals surface area contributed by atoms with E-state index in [4.69, 9.17) is 5.11 Å². The summed E-state index contributed by atoms with van der Waals surface area (Å²) in [5, 5.41) is 9.17. The molecule has 86 valence electrons. The van der Waals surface area contributed by atoms with Gasteiger partial charge in [0.25, 0.3) is 0 Å². The van der Waals surface area contributed by atoms with Crippen LogP contribution in [0.5, 0.6) is 0 Å². The number of hydrogen-bond acceptors (Lipinski definition) is 3. The van der Waals surface area contributed by atoms with Gasteiger partial charge in [-0.25, -0.2) is 9.78 Å². The van der Waals surface area contributed by atoms with Gasteiger partial charge >= 0.3 is 11.7 Å². The molecule has 0 aliphatic heterocycles. The quantitative estimate of drug-likeness (QED) is 0.739. The predicted octanol–water partition coefficient (Wildman–Crippen LogP) is 0.910. The van der Waals surface area contributed by atoms with Crippen molar-refractivity contribution >= 4 is 5.97 Å². The van der Waals surface area contributed by atoms with E-state index < -0.39 is 17.6 Å². The number of hydrogen-bond donors (Lipinski definition) is 2. The zero-order valence-electron chi connectivity index (χ0n) is 9.28.